The predicted octanol–water partition coefficient (Wildman–Crippen LogP) is 1.37. The van der Waals surface area contributed by atoms with Crippen molar-refractivity contribution >= 4 is 21.4 Å². The third kappa shape index (κ3) is 2.56. The summed E-state index contributed by atoms with van der Waals surface area (Å²) in [6, 6.07) is 4.01. The summed E-state index contributed by atoms with van der Waals surface area (Å²) in [7, 11) is -2.99. The largest absolute Gasteiger partial charge is 0.215 e. The van der Waals surface area contributed by atoms with Gasteiger partial charge in [-0.1, -0.05) is 6.07 Å². The summed E-state index contributed by atoms with van der Waals surface area (Å²) < 4.78 is 25.5. The second-order valence-electron chi connectivity index (χ2n) is 3.47. The van der Waals surface area contributed by atoms with E-state index >= 15 is 0 Å². The third-order valence-electron chi connectivity index (χ3n) is 2.22. The van der Waals surface area contributed by atoms with Crippen LogP contribution in [0.25, 0.3) is 0 Å². The fraction of sp³-hybridized carbons (Fsp3) is 0.556. The molecule has 5 heteroatoms. The number of hydrogen-bond acceptors (Lipinski definition) is 3. The van der Waals surface area contributed by atoms with Crippen LogP contribution in [0.1, 0.15) is 17.7 Å². The van der Waals surface area contributed by atoms with Crippen LogP contribution < -0.4 is 4.72 Å². The van der Waals surface area contributed by atoms with Crippen molar-refractivity contribution in [2.24, 2.45) is 0 Å². The fourth-order valence-corrected chi connectivity index (χ4v) is 3.36. The Morgan fingerprint density at radius 1 is 1.50 bits per heavy atom. The van der Waals surface area contributed by atoms with Crippen LogP contribution in [0, 0.1) is 0 Å². The Morgan fingerprint density at radius 2 is 2.29 bits per heavy atom. The Balaban J connectivity index is 1.78. The van der Waals surface area contributed by atoms with Gasteiger partial charge in [0.05, 0.1) is 5.25 Å². The monoisotopic (exact) mass is 231 g/mol. The van der Waals surface area contributed by atoms with Gasteiger partial charge in [0.1, 0.15) is 0 Å². The maximum Gasteiger partial charge on any atom is 0.214 e. The van der Waals surface area contributed by atoms with E-state index in [1.54, 1.807) is 11.3 Å². The normalized spacial score (nSPS) is 17.1. The Kier molecular flexibility index (Phi) is 2.90. The smallest absolute Gasteiger partial charge is 0.214 e. The highest BCUT2D eigenvalue weighted by Gasteiger charge is 2.35. The van der Waals surface area contributed by atoms with Crippen LogP contribution >= 0.6 is 11.3 Å². The van der Waals surface area contributed by atoms with Gasteiger partial charge in [-0.25, -0.2) is 13.1 Å². The summed E-state index contributed by atoms with van der Waals surface area (Å²) in [5.41, 5.74) is 0. The van der Waals surface area contributed by atoms with Crippen molar-refractivity contribution in [3.8, 4) is 0 Å². The van der Waals surface area contributed by atoms with Gasteiger partial charge < -0.3 is 0 Å². The molecule has 0 atom stereocenters. The number of hydrogen-bond donors (Lipinski definition) is 1. The second-order valence-corrected chi connectivity index (χ2v) is 6.55. The average Bonchev–Trinajstić information content (AvgIpc) is 2.87. The lowest BCUT2D eigenvalue weighted by Gasteiger charge is -2.03. The van der Waals surface area contributed by atoms with E-state index in [4.69, 9.17) is 0 Å². The molecule has 1 fully saturated rings. The van der Waals surface area contributed by atoms with E-state index in [0.717, 1.165) is 19.3 Å². The van der Waals surface area contributed by atoms with Crippen molar-refractivity contribution in [1.82, 2.24) is 4.72 Å². The minimum Gasteiger partial charge on any atom is -0.215 e. The summed E-state index contributed by atoms with van der Waals surface area (Å²) in [5.74, 6) is 0. The van der Waals surface area contributed by atoms with Crippen LogP contribution in [0.2, 0.25) is 0 Å². The number of nitrogens with one attached hydrogen (secondary N) is 1. The molecule has 1 aliphatic carbocycles. The van der Waals surface area contributed by atoms with E-state index < -0.39 is 10.0 Å². The maximum absolute atomic E-state index is 11.4. The zero-order valence-corrected chi connectivity index (χ0v) is 9.40. The summed E-state index contributed by atoms with van der Waals surface area (Å²) >= 11 is 1.66. The lowest BCUT2D eigenvalue weighted by Crippen LogP contribution is -2.28. The van der Waals surface area contributed by atoms with Crippen molar-refractivity contribution in [3.05, 3.63) is 22.4 Å². The van der Waals surface area contributed by atoms with Gasteiger partial charge in [-0.3, -0.25) is 0 Å². The quantitative estimate of drug-likeness (QED) is 0.832. The molecular weight excluding hydrogens is 218 g/mol. The molecule has 0 unspecified atom stereocenters. The fourth-order valence-electron chi connectivity index (χ4n) is 1.27. The highest BCUT2D eigenvalue weighted by Crippen LogP contribution is 2.27. The molecule has 0 aromatic carbocycles. The molecule has 1 heterocycles. The van der Waals surface area contributed by atoms with E-state index in [1.165, 1.54) is 4.88 Å². The van der Waals surface area contributed by atoms with Crippen molar-refractivity contribution < 1.29 is 8.42 Å². The molecule has 3 nitrogen and oxygen atoms in total. The first kappa shape index (κ1) is 10.1. The SMILES string of the molecule is O=S(=O)(NCCc1cccs1)C1CC1. The Bertz CT molecular complexity index is 379. The lowest BCUT2D eigenvalue weighted by molar-refractivity contribution is 0.580. The minimum absolute atomic E-state index is 0.106. The van der Waals surface area contributed by atoms with Gasteiger partial charge in [-0.15, -0.1) is 11.3 Å². The third-order valence-corrected chi connectivity index (χ3v) is 5.11. The van der Waals surface area contributed by atoms with E-state index in [-0.39, 0.29) is 5.25 Å². The van der Waals surface area contributed by atoms with Crippen molar-refractivity contribution in [3.63, 3.8) is 0 Å². The maximum atomic E-state index is 11.4. The molecule has 0 amide bonds. The highest BCUT2D eigenvalue weighted by molar-refractivity contribution is 7.90. The van der Waals surface area contributed by atoms with Crippen molar-refractivity contribution in [2.45, 2.75) is 24.5 Å². The summed E-state index contributed by atoms with van der Waals surface area (Å²) in [4.78, 5) is 1.23. The summed E-state index contributed by atoms with van der Waals surface area (Å²) in [5, 5.41) is 1.90. The minimum atomic E-state index is -2.99. The van der Waals surface area contributed by atoms with Crippen molar-refractivity contribution in [2.75, 3.05) is 6.54 Å². The Labute approximate surface area is 88.2 Å². The first-order chi connectivity index (χ1) is 6.68. The topological polar surface area (TPSA) is 46.2 Å². The predicted molar refractivity (Wildman–Crippen MR) is 58.0 cm³/mol. The van der Waals surface area contributed by atoms with E-state index in [2.05, 4.69) is 4.72 Å². The molecule has 0 spiro atoms. The Morgan fingerprint density at radius 3 is 2.86 bits per heavy atom. The van der Waals surface area contributed by atoms with Gasteiger partial charge in [0.2, 0.25) is 10.0 Å². The summed E-state index contributed by atoms with van der Waals surface area (Å²) in [6.07, 6.45) is 2.45. The van der Waals surface area contributed by atoms with Crippen molar-refractivity contribution in [1.29, 1.82) is 0 Å². The van der Waals surface area contributed by atoms with E-state index in [0.29, 0.717) is 6.54 Å². The van der Waals surface area contributed by atoms with Crippen LogP contribution in [-0.2, 0) is 16.4 Å². The van der Waals surface area contributed by atoms with Crippen LogP contribution in [-0.4, -0.2) is 20.2 Å². The molecule has 1 aromatic rings. The molecule has 14 heavy (non-hydrogen) atoms. The molecule has 0 aliphatic heterocycles. The molecule has 0 bridgehead atoms. The molecule has 1 aromatic heterocycles. The standard InChI is InChI=1S/C9H13NO2S2/c11-14(12,9-3-4-9)10-6-5-8-2-1-7-13-8/h1-2,7,9-10H,3-6H2. The molecule has 1 N–H and O–H groups in total. The number of thiophene rings is 1. The van der Waals surface area contributed by atoms with E-state index in [1.807, 2.05) is 17.5 Å². The van der Waals surface area contributed by atoms with Gasteiger partial charge in [0.15, 0.2) is 0 Å². The van der Waals surface area contributed by atoms with Crippen LogP contribution in [0.5, 0.6) is 0 Å². The van der Waals surface area contributed by atoms with E-state index in [9.17, 15) is 8.42 Å². The zero-order chi connectivity index (χ0) is 10.0. The van der Waals surface area contributed by atoms with Gasteiger partial charge in [-0.2, -0.15) is 0 Å². The molecule has 78 valence electrons. The van der Waals surface area contributed by atoms with Gasteiger partial charge in [-0.05, 0) is 30.7 Å². The molecule has 0 radical (unpaired) electrons. The number of rotatable bonds is 5. The Hall–Kier alpha value is -0.390. The van der Waals surface area contributed by atoms with Gasteiger partial charge >= 0.3 is 0 Å². The molecular formula is C9H13NO2S2. The first-order valence-electron chi connectivity index (χ1n) is 4.69. The molecule has 2 rings (SSSR count). The summed E-state index contributed by atoms with van der Waals surface area (Å²) in [6.45, 7) is 0.527. The van der Waals surface area contributed by atoms with Gasteiger partial charge in [0, 0.05) is 11.4 Å². The van der Waals surface area contributed by atoms with Gasteiger partial charge in [0.25, 0.3) is 0 Å². The zero-order valence-electron chi connectivity index (χ0n) is 7.77. The van der Waals surface area contributed by atoms with Crippen LogP contribution in [0.15, 0.2) is 17.5 Å². The van der Waals surface area contributed by atoms with Crippen LogP contribution in [0.3, 0.4) is 0 Å². The van der Waals surface area contributed by atoms with Crippen LogP contribution in [0.4, 0.5) is 0 Å². The second kappa shape index (κ2) is 4.00. The first-order valence-corrected chi connectivity index (χ1v) is 7.12. The lowest BCUT2D eigenvalue weighted by atomic mass is 10.3. The molecule has 1 aliphatic rings. The average molecular weight is 231 g/mol. The molecule has 0 saturated heterocycles. The molecule has 1 saturated carbocycles. The number of sulfonamides is 1. The highest BCUT2D eigenvalue weighted by atomic mass is 32.2.